The molecule has 0 radical (unpaired) electrons. The minimum absolute atomic E-state index is 0.0310. The molecule has 5 N–H and O–H groups in total. The highest BCUT2D eigenvalue weighted by Gasteiger charge is 2.54. The second-order valence-electron chi connectivity index (χ2n) is 5.79. The number of hydrogen-bond acceptors (Lipinski definition) is 4. The van der Waals surface area contributed by atoms with Crippen LogP contribution < -0.4 is 11.1 Å². The van der Waals surface area contributed by atoms with E-state index in [0.717, 1.165) is 5.56 Å². The number of carboxylic acid groups (broad SMARTS) is 1. The van der Waals surface area contributed by atoms with Gasteiger partial charge in [0.25, 0.3) is 11.8 Å². The van der Waals surface area contributed by atoms with Gasteiger partial charge in [0.2, 0.25) is 0 Å². The van der Waals surface area contributed by atoms with Crippen molar-refractivity contribution in [3.05, 3.63) is 47.2 Å². The quantitative estimate of drug-likeness (QED) is 0.648. The molecule has 1 saturated heterocycles. The molecule has 0 bridgehead atoms. The molecule has 2 aliphatic rings. The Labute approximate surface area is 142 Å². The molecule has 0 spiro atoms. The number of aliphatic carboxylic acids is 1. The maximum absolute atomic E-state index is 12.4. The predicted molar refractivity (Wildman–Crippen MR) is 87.4 cm³/mol. The van der Waals surface area contributed by atoms with Crippen molar-refractivity contribution in [2.45, 2.75) is 24.4 Å². The fourth-order valence-corrected chi connectivity index (χ4v) is 4.16. The number of β-lactam (4-membered cyclic amide) rings is 1. The van der Waals surface area contributed by atoms with Crippen LogP contribution >= 0.6 is 11.8 Å². The van der Waals surface area contributed by atoms with E-state index < -0.39 is 24.0 Å². The molecule has 7 nitrogen and oxygen atoms in total. The van der Waals surface area contributed by atoms with Crippen LogP contribution in [0.4, 0.5) is 0 Å². The fraction of sp³-hybridized carbons (Fsp3) is 0.312. The Morgan fingerprint density at radius 3 is 2.67 bits per heavy atom. The third-order valence-corrected chi connectivity index (χ3v) is 5.60. The SMILES string of the molecule is CC1=C(C(=O)O)N2C(=O)[C@@H](NC(=O)[C@H]([NH3+])c3ccccc3)[C@H]2SC1. The zero-order chi connectivity index (χ0) is 17.4. The molecule has 1 fully saturated rings. The molecule has 3 atom stereocenters. The highest BCUT2D eigenvalue weighted by atomic mass is 32.2. The van der Waals surface area contributed by atoms with Crippen LogP contribution in [0.15, 0.2) is 41.6 Å². The van der Waals surface area contributed by atoms with E-state index in [2.05, 4.69) is 11.1 Å². The zero-order valence-corrected chi connectivity index (χ0v) is 13.9. The van der Waals surface area contributed by atoms with Gasteiger partial charge >= 0.3 is 5.97 Å². The Hall–Kier alpha value is -2.32. The van der Waals surface area contributed by atoms with Crippen LogP contribution in [0.2, 0.25) is 0 Å². The minimum atomic E-state index is -1.12. The van der Waals surface area contributed by atoms with E-state index in [0.29, 0.717) is 11.3 Å². The summed E-state index contributed by atoms with van der Waals surface area (Å²) < 4.78 is 0. The number of nitrogens with zero attached hydrogens (tertiary/aromatic N) is 1. The van der Waals surface area contributed by atoms with Gasteiger partial charge in [-0.1, -0.05) is 30.3 Å². The Bertz CT molecular complexity index is 734. The first-order chi connectivity index (χ1) is 11.4. The van der Waals surface area contributed by atoms with Gasteiger partial charge in [-0.05, 0) is 12.5 Å². The summed E-state index contributed by atoms with van der Waals surface area (Å²) in [6, 6.07) is 7.76. The first kappa shape index (κ1) is 16.5. The lowest BCUT2D eigenvalue weighted by Gasteiger charge is -2.49. The molecule has 2 amide bonds. The molecule has 0 aliphatic carbocycles. The fourth-order valence-electron chi connectivity index (χ4n) is 2.87. The van der Waals surface area contributed by atoms with Gasteiger partial charge in [-0.2, -0.15) is 0 Å². The van der Waals surface area contributed by atoms with Gasteiger partial charge in [-0.3, -0.25) is 14.5 Å². The third-order valence-electron chi connectivity index (χ3n) is 4.18. The normalized spacial score (nSPS) is 24.1. The van der Waals surface area contributed by atoms with Gasteiger partial charge in [-0.25, -0.2) is 4.79 Å². The number of rotatable bonds is 4. The standard InChI is InChI=1S/C16H17N3O4S/c1-8-7-24-15-11(14(21)19(15)12(8)16(22)23)18-13(20)10(17)9-5-3-2-4-6-9/h2-6,10-11,15H,7,17H2,1H3,(H,18,20)(H,22,23)/p+1/t10-,11-,15-/m1/s1. The molecule has 0 saturated carbocycles. The number of benzene rings is 1. The van der Waals surface area contributed by atoms with E-state index in [1.807, 2.05) is 18.2 Å². The van der Waals surface area contributed by atoms with Crippen LogP contribution in [-0.2, 0) is 14.4 Å². The van der Waals surface area contributed by atoms with Gasteiger partial charge in [-0.15, -0.1) is 11.8 Å². The monoisotopic (exact) mass is 348 g/mol. The van der Waals surface area contributed by atoms with Crippen molar-refractivity contribution in [3.63, 3.8) is 0 Å². The summed E-state index contributed by atoms with van der Waals surface area (Å²) in [6.07, 6.45) is 0. The van der Waals surface area contributed by atoms with Crippen molar-refractivity contribution in [1.29, 1.82) is 0 Å². The number of fused-ring (bicyclic) bond motifs is 1. The second kappa shape index (κ2) is 6.29. The molecular weight excluding hydrogens is 330 g/mol. The summed E-state index contributed by atoms with van der Waals surface area (Å²) in [7, 11) is 0. The van der Waals surface area contributed by atoms with Crippen LogP contribution in [0, 0.1) is 0 Å². The Kier molecular flexibility index (Phi) is 4.33. The summed E-state index contributed by atoms with van der Waals surface area (Å²) in [5.41, 5.74) is 5.30. The smallest absolute Gasteiger partial charge is 0.352 e. The molecule has 1 aromatic rings. The number of carboxylic acids is 1. The van der Waals surface area contributed by atoms with E-state index in [1.165, 1.54) is 16.7 Å². The van der Waals surface area contributed by atoms with Crippen molar-refractivity contribution in [3.8, 4) is 0 Å². The van der Waals surface area contributed by atoms with E-state index in [4.69, 9.17) is 0 Å². The van der Waals surface area contributed by atoms with Crippen molar-refractivity contribution < 1.29 is 25.2 Å². The van der Waals surface area contributed by atoms with Crippen LogP contribution in [0.25, 0.3) is 0 Å². The molecule has 2 aliphatic heterocycles. The predicted octanol–water partition coefficient (Wildman–Crippen LogP) is -0.272. The van der Waals surface area contributed by atoms with Crippen LogP contribution in [0.1, 0.15) is 18.5 Å². The number of amides is 2. The van der Waals surface area contributed by atoms with E-state index in [1.54, 1.807) is 19.1 Å². The largest absolute Gasteiger partial charge is 0.477 e. The topological polar surface area (TPSA) is 114 Å². The number of thioether (sulfide) groups is 1. The summed E-state index contributed by atoms with van der Waals surface area (Å²) >= 11 is 1.45. The Morgan fingerprint density at radius 2 is 2.04 bits per heavy atom. The summed E-state index contributed by atoms with van der Waals surface area (Å²) in [5.74, 6) is -1.33. The van der Waals surface area contributed by atoms with Gasteiger partial charge in [0.1, 0.15) is 17.1 Å². The van der Waals surface area contributed by atoms with Gasteiger partial charge in [0.05, 0.1) is 0 Å². The minimum Gasteiger partial charge on any atom is -0.477 e. The number of carbonyl (C=O) groups excluding carboxylic acids is 2. The molecular formula is C16H18N3O4S+. The molecule has 0 unspecified atom stereocenters. The molecule has 1 aromatic carbocycles. The second-order valence-corrected chi connectivity index (χ2v) is 6.90. The number of hydrogen-bond donors (Lipinski definition) is 3. The summed E-state index contributed by atoms with van der Waals surface area (Å²) in [5, 5.41) is 11.6. The summed E-state index contributed by atoms with van der Waals surface area (Å²) in [6.45, 7) is 1.70. The van der Waals surface area contributed by atoms with Crippen molar-refractivity contribution >= 4 is 29.5 Å². The van der Waals surface area contributed by atoms with Crippen molar-refractivity contribution in [2.24, 2.45) is 0 Å². The first-order valence-corrected chi connectivity index (χ1v) is 8.53. The van der Waals surface area contributed by atoms with Crippen LogP contribution in [-0.4, -0.2) is 45.0 Å². The van der Waals surface area contributed by atoms with Crippen molar-refractivity contribution in [2.75, 3.05) is 5.75 Å². The number of quaternary nitrogens is 1. The Morgan fingerprint density at radius 1 is 1.38 bits per heavy atom. The van der Waals surface area contributed by atoms with E-state index in [9.17, 15) is 19.5 Å². The van der Waals surface area contributed by atoms with E-state index >= 15 is 0 Å². The summed E-state index contributed by atoms with van der Waals surface area (Å²) in [4.78, 5) is 37.3. The highest BCUT2D eigenvalue weighted by molar-refractivity contribution is 8.00. The third kappa shape index (κ3) is 2.67. The average Bonchev–Trinajstić information content (AvgIpc) is 2.59. The van der Waals surface area contributed by atoms with Crippen LogP contribution in [0.3, 0.4) is 0 Å². The van der Waals surface area contributed by atoms with Crippen molar-refractivity contribution in [1.82, 2.24) is 10.2 Å². The molecule has 126 valence electrons. The average molecular weight is 348 g/mol. The first-order valence-electron chi connectivity index (χ1n) is 7.48. The maximum Gasteiger partial charge on any atom is 0.352 e. The maximum atomic E-state index is 12.4. The lowest BCUT2D eigenvalue weighted by molar-refractivity contribution is -0.409. The van der Waals surface area contributed by atoms with Gasteiger partial charge < -0.3 is 16.2 Å². The Balaban J connectivity index is 1.71. The van der Waals surface area contributed by atoms with Crippen LogP contribution in [0.5, 0.6) is 0 Å². The number of carbonyl (C=O) groups is 3. The lowest BCUT2D eigenvalue weighted by atomic mass is 10.0. The lowest BCUT2D eigenvalue weighted by Crippen LogP contribution is -2.72. The zero-order valence-electron chi connectivity index (χ0n) is 13.1. The molecule has 8 heteroatoms. The molecule has 3 rings (SSSR count). The van der Waals surface area contributed by atoms with Gasteiger partial charge in [0, 0.05) is 11.3 Å². The molecule has 24 heavy (non-hydrogen) atoms. The van der Waals surface area contributed by atoms with E-state index in [-0.39, 0.29) is 17.0 Å². The molecule has 2 heterocycles. The molecule has 0 aromatic heterocycles. The highest BCUT2D eigenvalue weighted by Crippen LogP contribution is 2.40. The number of nitrogens with one attached hydrogen (secondary N) is 1. The van der Waals surface area contributed by atoms with Gasteiger partial charge in [0.15, 0.2) is 6.04 Å².